The molecule has 0 aliphatic heterocycles. The minimum Gasteiger partial charge on any atom is -0.465 e. The molecule has 6 aromatic rings. The third kappa shape index (κ3) is 5.54. The van der Waals surface area contributed by atoms with Crippen molar-refractivity contribution >= 4 is 34.7 Å². The maximum Gasteiger partial charge on any atom is 0.413 e. The van der Waals surface area contributed by atoms with Gasteiger partial charge in [-0.05, 0) is 36.1 Å². The van der Waals surface area contributed by atoms with Gasteiger partial charge in [-0.3, -0.25) is 10.2 Å². The lowest BCUT2D eigenvalue weighted by molar-refractivity contribution is 0.202. The van der Waals surface area contributed by atoms with E-state index < -0.39 is 17.7 Å². The Labute approximate surface area is 267 Å². The standard InChI is InChI=1S/C37H34N6O3/c1-3-42(36(45)46)34-31-25-38-33(40-35(44)39-26(2)27-16-8-4-9-17-27)24-32(31)43(41-34)37(28-18-10-5-11-19-28,29-20-12-6-13-21-29)30-22-14-7-15-23-30/h4-26H,3H2,1-2H3,(H,45,46)(H2,38,39,40,44)/t26-/m1/s1. The topological polar surface area (TPSA) is 112 Å². The summed E-state index contributed by atoms with van der Waals surface area (Å²) in [6.07, 6.45) is 0.442. The van der Waals surface area contributed by atoms with Gasteiger partial charge in [-0.25, -0.2) is 19.3 Å². The summed E-state index contributed by atoms with van der Waals surface area (Å²) < 4.78 is 1.86. The fraction of sp³-hybridized carbons (Fsp3) is 0.135. The zero-order valence-electron chi connectivity index (χ0n) is 25.5. The van der Waals surface area contributed by atoms with E-state index in [4.69, 9.17) is 5.10 Å². The van der Waals surface area contributed by atoms with Crippen LogP contribution in [0.4, 0.5) is 21.2 Å². The van der Waals surface area contributed by atoms with Gasteiger partial charge in [-0.2, -0.15) is 5.10 Å². The molecule has 1 atom stereocenters. The number of amides is 3. The predicted octanol–water partition coefficient (Wildman–Crippen LogP) is 7.66. The van der Waals surface area contributed by atoms with Gasteiger partial charge < -0.3 is 10.4 Å². The number of fused-ring (bicyclic) bond motifs is 1. The van der Waals surface area contributed by atoms with Crippen LogP contribution in [0.3, 0.4) is 0 Å². The first-order valence-corrected chi connectivity index (χ1v) is 15.1. The summed E-state index contributed by atoms with van der Waals surface area (Å²) in [5.74, 6) is 0.540. The van der Waals surface area contributed by atoms with Gasteiger partial charge >= 0.3 is 12.1 Å². The van der Waals surface area contributed by atoms with Crippen molar-refractivity contribution < 1.29 is 14.7 Å². The molecule has 2 heterocycles. The molecule has 0 saturated heterocycles. The van der Waals surface area contributed by atoms with E-state index in [0.29, 0.717) is 16.7 Å². The summed E-state index contributed by atoms with van der Waals surface area (Å²) in [6, 6.07) is 40.8. The van der Waals surface area contributed by atoms with Gasteiger partial charge in [0.1, 0.15) is 11.4 Å². The first-order valence-electron chi connectivity index (χ1n) is 15.1. The smallest absolute Gasteiger partial charge is 0.413 e. The van der Waals surface area contributed by atoms with E-state index >= 15 is 0 Å². The Hall–Kier alpha value is -5.96. The van der Waals surface area contributed by atoms with Crippen molar-refractivity contribution in [3.05, 3.63) is 156 Å². The first-order chi connectivity index (χ1) is 22.4. The lowest BCUT2D eigenvalue weighted by Gasteiger charge is -2.37. The van der Waals surface area contributed by atoms with Crippen LogP contribution in [-0.2, 0) is 5.54 Å². The van der Waals surface area contributed by atoms with Crippen LogP contribution in [0.15, 0.2) is 134 Å². The molecule has 0 aliphatic rings. The second-order valence-electron chi connectivity index (χ2n) is 10.9. The minimum atomic E-state index is -1.13. The molecule has 0 saturated carbocycles. The summed E-state index contributed by atoms with van der Waals surface area (Å²) in [5, 5.41) is 21.6. The van der Waals surface area contributed by atoms with Crippen molar-refractivity contribution in [3.8, 4) is 0 Å². The Morgan fingerprint density at radius 3 is 1.80 bits per heavy atom. The molecular weight excluding hydrogens is 576 g/mol. The number of rotatable bonds is 9. The van der Waals surface area contributed by atoms with E-state index in [-0.39, 0.29) is 18.4 Å². The quantitative estimate of drug-likeness (QED) is 0.146. The first kappa shape index (κ1) is 30.1. The number of carbonyl (C=O) groups excluding carboxylic acids is 1. The third-order valence-electron chi connectivity index (χ3n) is 8.13. The highest BCUT2D eigenvalue weighted by atomic mass is 16.4. The van der Waals surface area contributed by atoms with Gasteiger partial charge in [0.05, 0.1) is 16.9 Å². The van der Waals surface area contributed by atoms with Crippen LogP contribution in [-0.4, -0.2) is 38.5 Å². The number of hydrogen-bond donors (Lipinski definition) is 3. The van der Waals surface area contributed by atoms with Crippen LogP contribution in [0.25, 0.3) is 10.9 Å². The lowest BCUT2D eigenvalue weighted by Crippen LogP contribution is -2.39. The number of carboxylic acid groups (broad SMARTS) is 1. The number of aromatic nitrogens is 3. The molecule has 4 aromatic carbocycles. The van der Waals surface area contributed by atoms with Crippen LogP contribution in [0.1, 0.15) is 42.1 Å². The third-order valence-corrected chi connectivity index (χ3v) is 8.13. The predicted molar refractivity (Wildman–Crippen MR) is 180 cm³/mol. The van der Waals surface area contributed by atoms with E-state index in [1.165, 1.54) is 4.90 Å². The molecule has 0 spiro atoms. The van der Waals surface area contributed by atoms with E-state index in [1.807, 2.05) is 133 Å². The number of anilines is 2. The van der Waals surface area contributed by atoms with Crippen LogP contribution in [0.5, 0.6) is 0 Å². The fourth-order valence-corrected chi connectivity index (χ4v) is 5.97. The highest BCUT2D eigenvalue weighted by Crippen LogP contribution is 2.44. The van der Waals surface area contributed by atoms with Crippen molar-refractivity contribution in [3.63, 3.8) is 0 Å². The van der Waals surface area contributed by atoms with Crippen LogP contribution < -0.4 is 15.5 Å². The second-order valence-corrected chi connectivity index (χ2v) is 10.9. The number of benzene rings is 4. The Kier molecular flexibility index (Phi) is 8.47. The fourth-order valence-electron chi connectivity index (χ4n) is 5.97. The van der Waals surface area contributed by atoms with Gasteiger partial charge in [0.2, 0.25) is 0 Å². The van der Waals surface area contributed by atoms with E-state index in [2.05, 4.69) is 15.6 Å². The number of urea groups is 1. The van der Waals surface area contributed by atoms with Crippen LogP contribution in [0.2, 0.25) is 0 Å². The summed E-state index contributed by atoms with van der Waals surface area (Å²) in [7, 11) is 0. The zero-order chi connectivity index (χ0) is 32.1. The highest BCUT2D eigenvalue weighted by molar-refractivity contribution is 6.00. The molecule has 0 unspecified atom stereocenters. The highest BCUT2D eigenvalue weighted by Gasteiger charge is 2.41. The lowest BCUT2D eigenvalue weighted by atomic mass is 9.77. The summed E-state index contributed by atoms with van der Waals surface area (Å²) in [6.45, 7) is 3.85. The van der Waals surface area contributed by atoms with Crippen molar-refractivity contribution in [1.82, 2.24) is 20.1 Å². The molecule has 9 nitrogen and oxygen atoms in total. The molecule has 230 valence electrons. The van der Waals surface area contributed by atoms with E-state index in [0.717, 1.165) is 22.3 Å². The number of carbonyl (C=O) groups is 2. The maximum absolute atomic E-state index is 13.2. The van der Waals surface area contributed by atoms with Gasteiger partial charge in [-0.1, -0.05) is 121 Å². The summed E-state index contributed by atoms with van der Waals surface area (Å²) >= 11 is 0. The van der Waals surface area contributed by atoms with Gasteiger partial charge in [0, 0.05) is 18.8 Å². The molecule has 0 radical (unpaired) electrons. The van der Waals surface area contributed by atoms with Crippen molar-refractivity contribution in [2.24, 2.45) is 0 Å². The SMILES string of the molecule is CCN(C(=O)O)c1nn(C(c2ccccc2)(c2ccccc2)c2ccccc2)c2cc(NC(=O)N[C@H](C)c3ccccc3)ncc12. The molecule has 6 rings (SSSR count). The van der Waals surface area contributed by atoms with Crippen molar-refractivity contribution in [1.29, 1.82) is 0 Å². The maximum atomic E-state index is 13.2. The van der Waals surface area contributed by atoms with Crippen molar-refractivity contribution in [2.45, 2.75) is 25.4 Å². The number of hydrogen-bond acceptors (Lipinski definition) is 4. The molecule has 0 bridgehead atoms. The minimum absolute atomic E-state index is 0.177. The molecule has 0 fully saturated rings. The molecule has 9 heteroatoms. The molecule has 3 amide bonds. The Morgan fingerprint density at radius 2 is 1.33 bits per heavy atom. The van der Waals surface area contributed by atoms with Crippen LogP contribution >= 0.6 is 0 Å². The Morgan fingerprint density at radius 1 is 0.826 bits per heavy atom. The average Bonchev–Trinajstić information content (AvgIpc) is 3.45. The molecular formula is C37H34N6O3. The van der Waals surface area contributed by atoms with Gasteiger partial charge in [-0.15, -0.1) is 0 Å². The zero-order valence-corrected chi connectivity index (χ0v) is 25.5. The Balaban J connectivity index is 1.58. The van der Waals surface area contributed by atoms with Crippen molar-refractivity contribution in [2.75, 3.05) is 16.8 Å². The van der Waals surface area contributed by atoms with Gasteiger partial charge in [0.15, 0.2) is 5.82 Å². The normalized spacial score (nSPS) is 12.0. The summed E-state index contributed by atoms with van der Waals surface area (Å²) in [5.41, 5.74) is 3.29. The number of nitrogens with zero attached hydrogens (tertiary/aromatic N) is 4. The van der Waals surface area contributed by atoms with Crippen LogP contribution in [0, 0.1) is 0 Å². The second kappa shape index (κ2) is 13.0. The molecule has 0 aliphatic carbocycles. The largest absolute Gasteiger partial charge is 0.465 e. The van der Waals surface area contributed by atoms with E-state index in [1.54, 1.807) is 19.2 Å². The monoisotopic (exact) mass is 610 g/mol. The number of pyridine rings is 1. The average molecular weight is 611 g/mol. The molecule has 46 heavy (non-hydrogen) atoms. The number of nitrogens with one attached hydrogen (secondary N) is 2. The Bertz CT molecular complexity index is 1850. The molecule has 2 aromatic heterocycles. The van der Waals surface area contributed by atoms with Gasteiger partial charge in [0.25, 0.3) is 0 Å². The van der Waals surface area contributed by atoms with E-state index in [9.17, 15) is 14.7 Å². The molecule has 3 N–H and O–H groups in total. The summed E-state index contributed by atoms with van der Waals surface area (Å²) in [4.78, 5) is 31.4.